The maximum Gasteiger partial charge on any atom is 0.416 e. The highest BCUT2D eigenvalue weighted by atomic mass is 35.5. The third-order valence-corrected chi connectivity index (χ3v) is 5.26. The van der Waals surface area contributed by atoms with Gasteiger partial charge in [-0.15, -0.1) is 0 Å². The number of hydrogen-bond acceptors (Lipinski definition) is 5. The third kappa shape index (κ3) is 6.63. The Bertz CT molecular complexity index is 1120. The van der Waals surface area contributed by atoms with Gasteiger partial charge in [-0.05, 0) is 49.2 Å². The van der Waals surface area contributed by atoms with Crippen LogP contribution in [0.3, 0.4) is 0 Å². The molecule has 0 aliphatic rings. The van der Waals surface area contributed by atoms with Gasteiger partial charge in [0.05, 0.1) is 22.0 Å². The van der Waals surface area contributed by atoms with E-state index in [4.69, 9.17) is 21.1 Å². The van der Waals surface area contributed by atoms with Gasteiger partial charge >= 0.3 is 12.1 Å². The second-order valence-corrected chi connectivity index (χ2v) is 8.36. The molecule has 1 aromatic heterocycles. The van der Waals surface area contributed by atoms with Crippen LogP contribution in [0.5, 0.6) is 11.6 Å². The highest BCUT2D eigenvalue weighted by Crippen LogP contribution is 2.34. The molecule has 0 aliphatic heterocycles. The normalized spacial score (nSPS) is 13.3. The van der Waals surface area contributed by atoms with E-state index in [1.165, 1.54) is 6.07 Å². The summed E-state index contributed by atoms with van der Waals surface area (Å²) in [5.41, 5.74) is -0.185. The van der Waals surface area contributed by atoms with Gasteiger partial charge in [0.25, 0.3) is 0 Å². The average molecular weight is 493 g/mol. The summed E-state index contributed by atoms with van der Waals surface area (Å²) in [6, 6.07) is 16.4. The van der Waals surface area contributed by atoms with Crippen molar-refractivity contribution >= 4 is 23.3 Å². The number of pyridine rings is 1. The first-order valence-corrected chi connectivity index (χ1v) is 11.0. The number of anilines is 1. The maximum atomic E-state index is 12.9. The predicted octanol–water partition coefficient (Wildman–Crippen LogP) is 7.29. The molecule has 0 saturated carbocycles. The molecule has 0 spiro atoms. The number of ether oxygens (including phenoxy) is 2. The van der Waals surface area contributed by atoms with Crippen molar-refractivity contribution in [1.82, 2.24) is 4.98 Å². The SMILES string of the molecule is CC(OC(=O)C(Nc1ccc(C(F)(F)F)cc1Cl)C(C)C)c1cccc(Oc2ccccc2)n1. The van der Waals surface area contributed by atoms with Gasteiger partial charge < -0.3 is 14.8 Å². The monoisotopic (exact) mass is 492 g/mol. The molecule has 2 unspecified atom stereocenters. The highest BCUT2D eigenvalue weighted by molar-refractivity contribution is 6.33. The van der Waals surface area contributed by atoms with Gasteiger partial charge in [-0.2, -0.15) is 13.2 Å². The summed E-state index contributed by atoms with van der Waals surface area (Å²) in [6.45, 7) is 5.25. The summed E-state index contributed by atoms with van der Waals surface area (Å²) in [5, 5.41) is 2.76. The number of para-hydroxylation sites is 1. The lowest BCUT2D eigenvalue weighted by Gasteiger charge is -2.24. The van der Waals surface area contributed by atoms with Crippen LogP contribution in [0.1, 0.15) is 38.1 Å². The minimum Gasteiger partial charge on any atom is -0.455 e. The van der Waals surface area contributed by atoms with E-state index in [0.717, 1.165) is 12.1 Å². The molecule has 180 valence electrons. The number of nitrogens with one attached hydrogen (secondary N) is 1. The maximum absolute atomic E-state index is 12.9. The topological polar surface area (TPSA) is 60.5 Å². The largest absolute Gasteiger partial charge is 0.455 e. The number of benzene rings is 2. The second kappa shape index (κ2) is 10.8. The Kier molecular flexibility index (Phi) is 8.04. The zero-order chi connectivity index (χ0) is 24.9. The van der Waals surface area contributed by atoms with E-state index in [1.54, 1.807) is 51.1 Å². The average Bonchev–Trinajstić information content (AvgIpc) is 2.78. The lowest BCUT2D eigenvalue weighted by molar-refractivity contribution is -0.150. The van der Waals surface area contributed by atoms with Gasteiger partial charge in [0, 0.05) is 6.07 Å². The zero-order valence-corrected chi connectivity index (χ0v) is 19.5. The summed E-state index contributed by atoms with van der Waals surface area (Å²) in [7, 11) is 0. The number of halogens is 4. The third-order valence-electron chi connectivity index (χ3n) is 4.95. The Labute approximate surface area is 200 Å². The molecule has 1 heterocycles. The molecule has 0 radical (unpaired) electrons. The lowest BCUT2D eigenvalue weighted by Crippen LogP contribution is -2.36. The van der Waals surface area contributed by atoms with E-state index in [1.807, 2.05) is 18.2 Å². The summed E-state index contributed by atoms with van der Waals surface area (Å²) in [5.74, 6) is 0.143. The highest BCUT2D eigenvalue weighted by Gasteiger charge is 2.32. The molecule has 2 atom stereocenters. The van der Waals surface area contributed by atoms with Crippen molar-refractivity contribution in [2.24, 2.45) is 5.92 Å². The fraction of sp³-hybridized carbons (Fsp3) is 0.280. The van der Waals surface area contributed by atoms with Crippen LogP contribution in [-0.2, 0) is 15.7 Å². The van der Waals surface area contributed by atoms with Crippen LogP contribution in [0.15, 0.2) is 66.7 Å². The molecule has 0 saturated heterocycles. The van der Waals surface area contributed by atoms with Gasteiger partial charge in [-0.1, -0.05) is 49.7 Å². The summed E-state index contributed by atoms with van der Waals surface area (Å²) in [6.07, 6.45) is -5.21. The summed E-state index contributed by atoms with van der Waals surface area (Å²) < 4.78 is 50.1. The molecule has 2 aromatic carbocycles. The molecule has 0 aliphatic carbocycles. The Morgan fingerprint density at radius 3 is 2.32 bits per heavy atom. The Balaban J connectivity index is 1.70. The second-order valence-electron chi connectivity index (χ2n) is 7.95. The number of aromatic nitrogens is 1. The number of alkyl halides is 3. The van der Waals surface area contributed by atoms with Gasteiger partial charge in [-0.25, -0.2) is 9.78 Å². The molecule has 1 N–H and O–H groups in total. The smallest absolute Gasteiger partial charge is 0.416 e. The number of nitrogens with zero attached hydrogens (tertiary/aromatic N) is 1. The Morgan fingerprint density at radius 2 is 1.71 bits per heavy atom. The minimum absolute atomic E-state index is 0.145. The van der Waals surface area contributed by atoms with Crippen molar-refractivity contribution < 1.29 is 27.4 Å². The van der Waals surface area contributed by atoms with Crippen molar-refractivity contribution in [3.05, 3.63) is 83.0 Å². The Morgan fingerprint density at radius 1 is 1.00 bits per heavy atom. The summed E-state index contributed by atoms with van der Waals surface area (Å²) >= 11 is 6.04. The van der Waals surface area contributed by atoms with E-state index in [0.29, 0.717) is 17.3 Å². The molecule has 5 nitrogen and oxygen atoms in total. The predicted molar refractivity (Wildman–Crippen MR) is 124 cm³/mol. The number of rotatable bonds is 8. The Hall–Kier alpha value is -3.26. The van der Waals surface area contributed by atoms with Crippen molar-refractivity contribution in [2.75, 3.05) is 5.32 Å². The quantitative estimate of drug-likeness (QED) is 0.335. The molecule has 34 heavy (non-hydrogen) atoms. The van der Waals surface area contributed by atoms with Crippen LogP contribution in [-0.4, -0.2) is 17.0 Å². The van der Waals surface area contributed by atoms with Crippen LogP contribution >= 0.6 is 11.6 Å². The van der Waals surface area contributed by atoms with Gasteiger partial charge in [0.2, 0.25) is 5.88 Å². The standard InChI is InChI=1S/C25H24ClF3N2O3/c1-15(2)23(31-21-13-12-17(14-19(21)26)25(27,28)29)24(32)33-16(3)20-10-7-11-22(30-20)34-18-8-5-4-6-9-18/h4-16,23,31H,1-3H3. The number of hydrogen-bond donors (Lipinski definition) is 1. The number of carbonyl (C=O) groups excluding carboxylic acids is 1. The van der Waals surface area contributed by atoms with E-state index < -0.39 is 29.9 Å². The van der Waals surface area contributed by atoms with E-state index in [-0.39, 0.29) is 16.6 Å². The fourth-order valence-electron chi connectivity index (χ4n) is 3.11. The fourth-order valence-corrected chi connectivity index (χ4v) is 3.34. The summed E-state index contributed by atoms with van der Waals surface area (Å²) in [4.78, 5) is 17.3. The zero-order valence-electron chi connectivity index (χ0n) is 18.8. The van der Waals surface area contributed by atoms with Gasteiger partial charge in [-0.3, -0.25) is 0 Å². The number of carbonyl (C=O) groups is 1. The van der Waals surface area contributed by atoms with Crippen LogP contribution < -0.4 is 10.1 Å². The van der Waals surface area contributed by atoms with Crippen LogP contribution in [0.25, 0.3) is 0 Å². The molecular weight excluding hydrogens is 469 g/mol. The first kappa shape index (κ1) is 25.4. The van der Waals surface area contributed by atoms with Crippen molar-refractivity contribution in [3.8, 4) is 11.6 Å². The van der Waals surface area contributed by atoms with Crippen molar-refractivity contribution in [2.45, 2.75) is 39.1 Å². The first-order valence-electron chi connectivity index (χ1n) is 10.6. The molecule has 0 bridgehead atoms. The molecule has 0 amide bonds. The van der Waals surface area contributed by atoms with Crippen LogP contribution in [0.4, 0.5) is 18.9 Å². The number of esters is 1. The first-order chi connectivity index (χ1) is 16.0. The van der Waals surface area contributed by atoms with E-state index >= 15 is 0 Å². The molecule has 3 aromatic rings. The van der Waals surface area contributed by atoms with E-state index in [2.05, 4.69) is 10.3 Å². The van der Waals surface area contributed by atoms with Crippen molar-refractivity contribution in [3.63, 3.8) is 0 Å². The molecule has 0 fully saturated rings. The molecular formula is C25H24ClF3N2O3. The lowest BCUT2D eigenvalue weighted by atomic mass is 10.0. The molecule has 9 heteroatoms. The van der Waals surface area contributed by atoms with Crippen LogP contribution in [0, 0.1) is 5.92 Å². The minimum atomic E-state index is -4.51. The van der Waals surface area contributed by atoms with Gasteiger partial charge in [0.1, 0.15) is 17.9 Å². The van der Waals surface area contributed by atoms with Gasteiger partial charge in [0.15, 0.2) is 0 Å². The molecule has 3 rings (SSSR count). The van der Waals surface area contributed by atoms with E-state index in [9.17, 15) is 18.0 Å². The van der Waals surface area contributed by atoms with Crippen molar-refractivity contribution in [1.29, 1.82) is 0 Å². The van der Waals surface area contributed by atoms with Crippen LogP contribution in [0.2, 0.25) is 5.02 Å².